The van der Waals surface area contributed by atoms with Crippen molar-refractivity contribution < 1.29 is 9.53 Å². The Morgan fingerprint density at radius 1 is 1.25 bits per heavy atom. The van der Waals surface area contributed by atoms with Crippen LogP contribution in [0.25, 0.3) is 0 Å². The Kier molecular flexibility index (Phi) is 4.99. The third-order valence-corrected chi connectivity index (χ3v) is 4.43. The van der Waals surface area contributed by atoms with Crippen LogP contribution in [0.3, 0.4) is 0 Å². The second-order valence-corrected chi connectivity index (χ2v) is 6.49. The van der Waals surface area contributed by atoms with E-state index in [1.54, 1.807) is 0 Å². The Labute approximate surface area is 145 Å². The highest BCUT2D eigenvalue weighted by Gasteiger charge is 2.26. The zero-order valence-corrected chi connectivity index (χ0v) is 14.4. The number of carbonyl (C=O) groups excluding carboxylic acids is 1. The summed E-state index contributed by atoms with van der Waals surface area (Å²) in [7, 11) is 0. The first-order valence-corrected chi connectivity index (χ1v) is 8.37. The second-order valence-electron chi connectivity index (χ2n) is 6.06. The minimum Gasteiger partial charge on any atom is -0.460 e. The van der Waals surface area contributed by atoms with E-state index in [2.05, 4.69) is 25.5 Å². The summed E-state index contributed by atoms with van der Waals surface area (Å²) < 4.78 is 5.77. The highest BCUT2D eigenvalue weighted by atomic mass is 35.5. The van der Waals surface area contributed by atoms with E-state index in [-0.39, 0.29) is 18.1 Å². The fourth-order valence-corrected chi connectivity index (χ4v) is 3.08. The van der Waals surface area contributed by atoms with Crippen LogP contribution in [0, 0.1) is 13.8 Å². The van der Waals surface area contributed by atoms with Crippen LogP contribution >= 0.6 is 11.6 Å². The minimum absolute atomic E-state index is 0.0656. The summed E-state index contributed by atoms with van der Waals surface area (Å²) >= 11 is 5.76. The molecule has 2 heterocycles. The molecule has 0 saturated heterocycles. The number of carbonyl (C=O) groups is 1. The lowest BCUT2D eigenvalue weighted by Crippen LogP contribution is -2.40. The summed E-state index contributed by atoms with van der Waals surface area (Å²) in [5, 5.41) is 10.5. The van der Waals surface area contributed by atoms with E-state index >= 15 is 0 Å². The number of nitrogens with one attached hydrogen (secondary N) is 2. The van der Waals surface area contributed by atoms with Crippen LogP contribution in [0.5, 0.6) is 6.01 Å². The molecule has 0 spiro atoms. The molecule has 0 bridgehead atoms. The van der Waals surface area contributed by atoms with Crippen molar-refractivity contribution in [1.29, 1.82) is 0 Å². The number of ether oxygens (including phenoxy) is 1. The monoisotopic (exact) mass is 349 g/mol. The minimum atomic E-state index is -0.0656. The molecule has 1 saturated carbocycles. The average molecular weight is 350 g/mol. The van der Waals surface area contributed by atoms with Crippen molar-refractivity contribution in [2.24, 2.45) is 0 Å². The molecule has 3 rings (SSSR count). The van der Waals surface area contributed by atoms with Gasteiger partial charge in [-0.1, -0.05) is 11.6 Å². The largest absolute Gasteiger partial charge is 0.460 e. The molecular formula is C16H20ClN5O2. The average Bonchev–Trinajstić information content (AvgIpc) is 2.90. The maximum Gasteiger partial charge on any atom is 0.316 e. The van der Waals surface area contributed by atoms with Crippen molar-refractivity contribution in [3.63, 3.8) is 0 Å². The summed E-state index contributed by atoms with van der Waals surface area (Å²) in [5.41, 5.74) is 2.16. The lowest BCUT2D eigenvalue weighted by atomic mass is 9.92. The van der Waals surface area contributed by atoms with Crippen LogP contribution in [0.2, 0.25) is 5.02 Å². The van der Waals surface area contributed by atoms with Gasteiger partial charge in [-0.05, 0) is 39.5 Å². The Bertz CT molecular complexity index is 688. The van der Waals surface area contributed by atoms with E-state index in [4.69, 9.17) is 16.3 Å². The SMILES string of the molecule is Cc1n[nH]c(C)c1C(=O)NC1CCC(Oc2ncc(Cl)cn2)CC1. The highest BCUT2D eigenvalue weighted by Crippen LogP contribution is 2.23. The lowest BCUT2D eigenvalue weighted by molar-refractivity contribution is 0.0884. The summed E-state index contributed by atoms with van der Waals surface area (Å²) in [5.74, 6) is -0.0656. The Morgan fingerprint density at radius 2 is 1.92 bits per heavy atom. The Balaban J connectivity index is 1.50. The van der Waals surface area contributed by atoms with E-state index in [1.165, 1.54) is 12.4 Å². The fraction of sp³-hybridized carbons (Fsp3) is 0.500. The number of hydrogen-bond acceptors (Lipinski definition) is 5. The first-order valence-electron chi connectivity index (χ1n) is 7.99. The van der Waals surface area contributed by atoms with Crippen molar-refractivity contribution in [2.45, 2.75) is 51.7 Å². The summed E-state index contributed by atoms with van der Waals surface area (Å²) in [4.78, 5) is 20.5. The van der Waals surface area contributed by atoms with Crippen LogP contribution in [0.15, 0.2) is 12.4 Å². The van der Waals surface area contributed by atoms with E-state index in [9.17, 15) is 4.79 Å². The molecule has 0 aromatic carbocycles. The van der Waals surface area contributed by atoms with Crippen LogP contribution < -0.4 is 10.1 Å². The number of hydrogen-bond donors (Lipinski definition) is 2. The number of aryl methyl sites for hydroxylation is 2. The topological polar surface area (TPSA) is 92.8 Å². The molecule has 1 fully saturated rings. The van der Waals surface area contributed by atoms with Crippen molar-refractivity contribution in [3.8, 4) is 6.01 Å². The van der Waals surface area contributed by atoms with Gasteiger partial charge in [0.2, 0.25) is 0 Å². The van der Waals surface area contributed by atoms with Crippen LogP contribution in [0.4, 0.5) is 0 Å². The van der Waals surface area contributed by atoms with E-state index in [0.717, 1.165) is 37.1 Å². The van der Waals surface area contributed by atoms with Gasteiger partial charge in [0.1, 0.15) is 6.10 Å². The van der Waals surface area contributed by atoms with Crippen LogP contribution in [0.1, 0.15) is 47.4 Å². The molecule has 128 valence electrons. The van der Waals surface area contributed by atoms with Gasteiger partial charge < -0.3 is 10.1 Å². The Hall–Kier alpha value is -2.15. The highest BCUT2D eigenvalue weighted by molar-refractivity contribution is 6.30. The van der Waals surface area contributed by atoms with Crippen LogP contribution in [-0.4, -0.2) is 38.2 Å². The third-order valence-electron chi connectivity index (χ3n) is 4.23. The van der Waals surface area contributed by atoms with Crippen molar-refractivity contribution in [2.75, 3.05) is 0 Å². The number of amides is 1. The molecule has 24 heavy (non-hydrogen) atoms. The van der Waals surface area contributed by atoms with Gasteiger partial charge in [0, 0.05) is 11.7 Å². The van der Waals surface area contributed by atoms with Crippen molar-refractivity contribution >= 4 is 17.5 Å². The number of aromatic amines is 1. The molecule has 0 aliphatic heterocycles. The molecular weight excluding hydrogens is 330 g/mol. The standard InChI is InChI=1S/C16H20ClN5O2/c1-9-14(10(2)22-21-9)15(23)20-12-3-5-13(6-4-12)24-16-18-7-11(17)8-19-16/h7-8,12-13H,3-6H2,1-2H3,(H,20,23)(H,21,22). The van der Waals surface area contributed by atoms with Gasteiger partial charge in [-0.15, -0.1) is 0 Å². The van der Waals surface area contributed by atoms with E-state index in [0.29, 0.717) is 16.6 Å². The molecule has 0 radical (unpaired) electrons. The zero-order chi connectivity index (χ0) is 17.1. The predicted molar refractivity (Wildman–Crippen MR) is 89.2 cm³/mol. The second kappa shape index (κ2) is 7.17. The van der Waals surface area contributed by atoms with Gasteiger partial charge in [0.15, 0.2) is 0 Å². The van der Waals surface area contributed by atoms with Gasteiger partial charge in [0.25, 0.3) is 5.91 Å². The first kappa shape index (κ1) is 16.7. The quantitative estimate of drug-likeness (QED) is 0.885. The molecule has 0 unspecified atom stereocenters. The van der Waals surface area contributed by atoms with Gasteiger partial charge in [-0.3, -0.25) is 9.89 Å². The molecule has 1 aliphatic carbocycles. The number of halogens is 1. The molecule has 1 amide bonds. The summed E-state index contributed by atoms with van der Waals surface area (Å²) in [6, 6.07) is 0.494. The smallest absolute Gasteiger partial charge is 0.316 e. The molecule has 1 aliphatic rings. The summed E-state index contributed by atoms with van der Waals surface area (Å²) in [6.45, 7) is 3.68. The van der Waals surface area contributed by atoms with Gasteiger partial charge in [-0.2, -0.15) is 5.10 Å². The fourth-order valence-electron chi connectivity index (χ4n) is 2.98. The normalized spacial score (nSPS) is 20.6. The van der Waals surface area contributed by atoms with Gasteiger partial charge in [-0.25, -0.2) is 9.97 Å². The number of nitrogens with zero attached hydrogens (tertiary/aromatic N) is 3. The molecule has 2 aromatic rings. The van der Waals surface area contributed by atoms with E-state index < -0.39 is 0 Å². The number of aromatic nitrogens is 4. The Morgan fingerprint density at radius 3 is 2.50 bits per heavy atom. The van der Waals surface area contributed by atoms with Crippen LogP contribution in [-0.2, 0) is 0 Å². The van der Waals surface area contributed by atoms with E-state index in [1.807, 2.05) is 13.8 Å². The van der Waals surface area contributed by atoms with Crippen molar-refractivity contribution in [1.82, 2.24) is 25.5 Å². The molecule has 2 aromatic heterocycles. The predicted octanol–water partition coefficient (Wildman–Crippen LogP) is 2.59. The number of rotatable bonds is 4. The lowest BCUT2D eigenvalue weighted by Gasteiger charge is -2.28. The van der Waals surface area contributed by atoms with Gasteiger partial charge >= 0.3 is 6.01 Å². The molecule has 8 heteroatoms. The number of H-pyrrole nitrogens is 1. The summed E-state index contributed by atoms with van der Waals surface area (Å²) in [6.07, 6.45) is 6.52. The zero-order valence-electron chi connectivity index (χ0n) is 13.7. The maximum absolute atomic E-state index is 12.4. The maximum atomic E-state index is 12.4. The van der Waals surface area contributed by atoms with Gasteiger partial charge in [0.05, 0.1) is 28.7 Å². The van der Waals surface area contributed by atoms with Crippen molar-refractivity contribution in [3.05, 3.63) is 34.4 Å². The molecule has 7 nitrogen and oxygen atoms in total. The third kappa shape index (κ3) is 3.84. The molecule has 2 N–H and O–H groups in total. The molecule has 0 atom stereocenters. The first-order chi connectivity index (χ1) is 11.5.